The van der Waals surface area contributed by atoms with Gasteiger partial charge in [-0.05, 0) is 31.0 Å². The van der Waals surface area contributed by atoms with E-state index < -0.39 is 0 Å². The average Bonchev–Trinajstić information content (AvgIpc) is 2.55. The maximum atomic E-state index is 12.0. The highest BCUT2D eigenvalue weighted by molar-refractivity contribution is 5.98. The van der Waals surface area contributed by atoms with Crippen molar-refractivity contribution in [3.8, 4) is 0 Å². The number of hydrogen-bond donors (Lipinski definition) is 2. The minimum atomic E-state index is -0.144. The Bertz CT molecular complexity index is 605. The number of halogens is 1. The maximum absolute atomic E-state index is 12.0. The lowest BCUT2D eigenvalue weighted by atomic mass is 10.1. The predicted octanol–water partition coefficient (Wildman–Crippen LogP) is 3.59. The molecule has 0 radical (unpaired) electrons. The summed E-state index contributed by atoms with van der Waals surface area (Å²) in [6.45, 7) is 3.19. The second kappa shape index (κ2) is 9.87. The highest BCUT2D eigenvalue weighted by Crippen LogP contribution is 2.15. The first-order chi connectivity index (χ1) is 10.7. The van der Waals surface area contributed by atoms with Crippen LogP contribution in [0.1, 0.15) is 35.4 Å². The van der Waals surface area contributed by atoms with Crippen LogP contribution in [0.2, 0.25) is 0 Å². The maximum Gasteiger partial charge on any atom is 0.253 e. The number of anilines is 1. The van der Waals surface area contributed by atoms with Crippen LogP contribution in [0.15, 0.2) is 54.6 Å². The Morgan fingerprint density at radius 2 is 1.78 bits per heavy atom. The first-order valence-electron chi connectivity index (χ1n) is 7.47. The van der Waals surface area contributed by atoms with E-state index in [0.29, 0.717) is 24.4 Å². The molecule has 0 aromatic heterocycles. The third kappa shape index (κ3) is 5.93. The summed E-state index contributed by atoms with van der Waals surface area (Å²) < 4.78 is 5.76. The highest BCUT2D eigenvalue weighted by Gasteiger charge is 2.08. The Hall–Kier alpha value is -2.04. The topological polar surface area (TPSA) is 64.3 Å². The second-order valence-electron chi connectivity index (χ2n) is 5.12. The Morgan fingerprint density at radius 3 is 2.48 bits per heavy atom. The van der Waals surface area contributed by atoms with Crippen LogP contribution >= 0.6 is 12.4 Å². The molecular formula is C18H23ClN2O2. The van der Waals surface area contributed by atoms with Crippen molar-refractivity contribution in [2.24, 2.45) is 0 Å². The number of para-hydroxylation sites is 1. The molecule has 0 aliphatic rings. The number of nitrogens with two attached hydrogens (primary N) is 1. The van der Waals surface area contributed by atoms with Gasteiger partial charge in [-0.15, -0.1) is 12.4 Å². The minimum Gasteiger partial charge on any atom is -0.398 e. The second-order valence-corrected chi connectivity index (χ2v) is 5.12. The summed E-state index contributed by atoms with van der Waals surface area (Å²) in [4.78, 5) is 12.0. The molecule has 0 bridgehead atoms. The molecule has 0 spiro atoms. The van der Waals surface area contributed by atoms with Crippen molar-refractivity contribution in [1.82, 2.24) is 5.32 Å². The molecule has 4 nitrogen and oxygen atoms in total. The molecule has 5 heteroatoms. The molecular weight excluding hydrogens is 312 g/mol. The lowest BCUT2D eigenvalue weighted by Gasteiger charge is -2.13. The van der Waals surface area contributed by atoms with Gasteiger partial charge in [0.15, 0.2) is 0 Å². The summed E-state index contributed by atoms with van der Waals surface area (Å²) in [6.07, 6.45) is 0.817. The highest BCUT2D eigenvalue weighted by atomic mass is 35.5. The number of hydrogen-bond acceptors (Lipinski definition) is 3. The zero-order valence-electron chi connectivity index (χ0n) is 13.2. The van der Waals surface area contributed by atoms with Crippen molar-refractivity contribution in [3.63, 3.8) is 0 Å². The van der Waals surface area contributed by atoms with Crippen molar-refractivity contribution >= 4 is 24.0 Å². The van der Waals surface area contributed by atoms with Gasteiger partial charge in [-0.25, -0.2) is 0 Å². The van der Waals surface area contributed by atoms with Crippen molar-refractivity contribution in [2.75, 3.05) is 18.9 Å². The van der Waals surface area contributed by atoms with Crippen LogP contribution in [0.3, 0.4) is 0 Å². The Morgan fingerprint density at radius 1 is 1.13 bits per heavy atom. The third-order valence-electron chi connectivity index (χ3n) is 3.45. The van der Waals surface area contributed by atoms with E-state index in [1.165, 1.54) is 0 Å². The van der Waals surface area contributed by atoms with Gasteiger partial charge in [0.25, 0.3) is 5.91 Å². The largest absolute Gasteiger partial charge is 0.398 e. The van der Waals surface area contributed by atoms with E-state index >= 15 is 0 Å². The van der Waals surface area contributed by atoms with Gasteiger partial charge in [0, 0.05) is 18.8 Å². The minimum absolute atomic E-state index is 0. The summed E-state index contributed by atoms with van der Waals surface area (Å²) in [6, 6.07) is 17.1. The summed E-state index contributed by atoms with van der Waals surface area (Å²) >= 11 is 0. The van der Waals surface area contributed by atoms with Crippen molar-refractivity contribution in [3.05, 3.63) is 65.7 Å². The number of rotatable bonds is 7. The van der Waals surface area contributed by atoms with Gasteiger partial charge in [0.2, 0.25) is 0 Å². The van der Waals surface area contributed by atoms with Crippen molar-refractivity contribution < 1.29 is 9.53 Å². The molecule has 3 N–H and O–H groups in total. The lowest BCUT2D eigenvalue weighted by Crippen LogP contribution is -2.26. The smallest absolute Gasteiger partial charge is 0.253 e. The van der Waals surface area contributed by atoms with Crippen LogP contribution in [-0.4, -0.2) is 19.1 Å². The van der Waals surface area contributed by atoms with Crippen LogP contribution in [0.5, 0.6) is 0 Å². The van der Waals surface area contributed by atoms with E-state index in [1.807, 2.05) is 43.3 Å². The van der Waals surface area contributed by atoms with E-state index in [4.69, 9.17) is 10.5 Å². The fourth-order valence-corrected chi connectivity index (χ4v) is 2.15. The number of carbonyl (C=O) groups excluding carboxylic acids is 1. The van der Waals surface area contributed by atoms with Crippen LogP contribution in [0.4, 0.5) is 5.69 Å². The fourth-order valence-electron chi connectivity index (χ4n) is 2.15. The van der Waals surface area contributed by atoms with Gasteiger partial charge in [-0.3, -0.25) is 4.79 Å². The molecule has 1 unspecified atom stereocenters. The van der Waals surface area contributed by atoms with Crippen LogP contribution in [0, 0.1) is 0 Å². The van der Waals surface area contributed by atoms with Crippen LogP contribution in [-0.2, 0) is 4.74 Å². The SMILES string of the molecule is CC(OCCCNC(=O)c1ccccc1N)c1ccccc1.Cl. The zero-order chi connectivity index (χ0) is 15.8. The average molecular weight is 335 g/mol. The van der Waals surface area contributed by atoms with Gasteiger partial charge < -0.3 is 15.8 Å². The molecule has 0 fully saturated rings. The molecule has 2 rings (SSSR count). The normalized spacial score (nSPS) is 11.3. The number of nitrogen functional groups attached to an aromatic ring is 1. The molecule has 0 saturated carbocycles. The molecule has 0 saturated heterocycles. The monoisotopic (exact) mass is 334 g/mol. The van der Waals surface area contributed by atoms with E-state index in [1.54, 1.807) is 18.2 Å². The molecule has 124 valence electrons. The summed E-state index contributed by atoms with van der Waals surface area (Å²) in [5.41, 5.74) is 7.94. The quantitative estimate of drug-likeness (QED) is 0.600. The summed E-state index contributed by atoms with van der Waals surface area (Å²) in [5, 5.41) is 2.85. The molecule has 0 aliphatic carbocycles. The number of amides is 1. The van der Waals surface area contributed by atoms with Gasteiger partial charge in [0.1, 0.15) is 0 Å². The fraction of sp³-hybridized carbons (Fsp3) is 0.278. The molecule has 1 atom stereocenters. The van der Waals surface area contributed by atoms with Gasteiger partial charge in [-0.1, -0.05) is 42.5 Å². The molecule has 2 aromatic carbocycles. The molecule has 23 heavy (non-hydrogen) atoms. The van der Waals surface area contributed by atoms with Gasteiger partial charge in [-0.2, -0.15) is 0 Å². The van der Waals surface area contributed by atoms with Gasteiger partial charge >= 0.3 is 0 Å². The van der Waals surface area contributed by atoms with E-state index in [2.05, 4.69) is 5.32 Å². The molecule has 0 aliphatic heterocycles. The number of benzene rings is 2. The number of carbonyl (C=O) groups is 1. The summed E-state index contributed by atoms with van der Waals surface area (Å²) in [5.74, 6) is -0.144. The van der Waals surface area contributed by atoms with E-state index in [9.17, 15) is 4.79 Å². The third-order valence-corrected chi connectivity index (χ3v) is 3.45. The van der Waals surface area contributed by atoms with Crippen molar-refractivity contribution in [1.29, 1.82) is 0 Å². The Kier molecular flexibility index (Phi) is 8.16. The standard InChI is InChI=1S/C18H22N2O2.ClH/c1-14(15-8-3-2-4-9-15)22-13-7-12-20-18(21)16-10-5-6-11-17(16)19;/h2-6,8-11,14H,7,12-13,19H2,1H3,(H,20,21);1H. The Labute approximate surface area is 143 Å². The molecule has 0 heterocycles. The van der Waals surface area contributed by atoms with E-state index in [-0.39, 0.29) is 24.4 Å². The van der Waals surface area contributed by atoms with E-state index in [0.717, 1.165) is 12.0 Å². The van der Waals surface area contributed by atoms with Crippen molar-refractivity contribution in [2.45, 2.75) is 19.4 Å². The van der Waals surface area contributed by atoms with Crippen LogP contribution in [0.25, 0.3) is 0 Å². The first-order valence-corrected chi connectivity index (χ1v) is 7.47. The zero-order valence-corrected chi connectivity index (χ0v) is 14.0. The van der Waals surface area contributed by atoms with Crippen LogP contribution < -0.4 is 11.1 Å². The number of nitrogens with one attached hydrogen (secondary N) is 1. The number of ether oxygens (including phenoxy) is 1. The molecule has 2 aromatic rings. The predicted molar refractivity (Wildman–Crippen MR) is 95.9 cm³/mol. The Balaban J connectivity index is 0.00000264. The summed E-state index contributed by atoms with van der Waals surface area (Å²) in [7, 11) is 0. The van der Waals surface area contributed by atoms with Gasteiger partial charge in [0.05, 0.1) is 11.7 Å². The first kappa shape index (κ1) is 19.0. The lowest BCUT2D eigenvalue weighted by molar-refractivity contribution is 0.0635. The molecule has 1 amide bonds.